The number of nitrogens with two attached hydrogens (primary N) is 1. The molecule has 0 amide bonds. The molecule has 0 radical (unpaired) electrons. The number of nitrogens with zero attached hydrogens (tertiary/aromatic N) is 2. The highest BCUT2D eigenvalue weighted by molar-refractivity contribution is 6.35. The predicted molar refractivity (Wildman–Crippen MR) is 88.8 cm³/mol. The summed E-state index contributed by atoms with van der Waals surface area (Å²) in [5, 5.41) is 2.10. The van der Waals surface area contributed by atoms with E-state index in [9.17, 15) is 0 Å². The number of anilines is 1. The molecule has 0 aliphatic carbocycles. The van der Waals surface area contributed by atoms with Crippen LogP contribution in [0, 0.1) is 0 Å². The minimum Gasteiger partial charge on any atom is -0.383 e. The van der Waals surface area contributed by atoms with E-state index in [-0.39, 0.29) is 0 Å². The zero-order valence-corrected chi connectivity index (χ0v) is 12.9. The maximum absolute atomic E-state index is 6.37. The second-order valence-electron chi connectivity index (χ2n) is 4.74. The van der Waals surface area contributed by atoms with Crippen molar-refractivity contribution in [3.63, 3.8) is 0 Å². The fraction of sp³-hybridized carbons (Fsp3) is 0.125. The van der Waals surface area contributed by atoms with Gasteiger partial charge in [0.2, 0.25) is 0 Å². The summed E-state index contributed by atoms with van der Waals surface area (Å²) >= 11 is 12.4. The Kier molecular flexibility index (Phi) is 3.70. The maximum Gasteiger partial charge on any atom is 0.131 e. The second-order valence-corrected chi connectivity index (χ2v) is 5.58. The third-order valence-corrected chi connectivity index (χ3v) is 3.90. The lowest BCUT2D eigenvalue weighted by Gasteiger charge is -2.11. The lowest BCUT2D eigenvalue weighted by Crippen LogP contribution is -1.99. The number of fused-ring (bicyclic) bond motifs is 1. The van der Waals surface area contributed by atoms with Gasteiger partial charge >= 0.3 is 0 Å². The third kappa shape index (κ3) is 2.55. The van der Waals surface area contributed by atoms with Gasteiger partial charge in [-0.25, -0.2) is 4.98 Å². The van der Waals surface area contributed by atoms with Gasteiger partial charge in [-0.15, -0.1) is 0 Å². The van der Waals surface area contributed by atoms with Crippen LogP contribution >= 0.6 is 23.2 Å². The molecule has 5 heteroatoms. The molecule has 0 aliphatic rings. The summed E-state index contributed by atoms with van der Waals surface area (Å²) in [6.07, 6.45) is 2.44. The summed E-state index contributed by atoms with van der Waals surface area (Å²) in [6.45, 7) is 2.04. The molecule has 0 fully saturated rings. The summed E-state index contributed by atoms with van der Waals surface area (Å²) < 4.78 is 0. The van der Waals surface area contributed by atoms with E-state index < -0.39 is 0 Å². The highest BCUT2D eigenvalue weighted by Gasteiger charge is 2.14. The van der Waals surface area contributed by atoms with Gasteiger partial charge in [-0.3, -0.25) is 4.98 Å². The molecule has 0 saturated carbocycles. The smallest absolute Gasteiger partial charge is 0.131 e. The van der Waals surface area contributed by atoms with Gasteiger partial charge in [0.15, 0.2) is 0 Å². The Morgan fingerprint density at radius 2 is 1.95 bits per heavy atom. The van der Waals surface area contributed by atoms with Gasteiger partial charge in [-0.2, -0.15) is 0 Å². The third-order valence-electron chi connectivity index (χ3n) is 3.38. The second kappa shape index (κ2) is 5.51. The Hall–Kier alpha value is -1.84. The molecule has 1 aromatic carbocycles. The SMILES string of the molecule is CCc1ccc(-c2c(Cl)ccc3cc(Cl)cnc23)c(N)n1. The first kappa shape index (κ1) is 14.1. The van der Waals surface area contributed by atoms with Crippen molar-refractivity contribution < 1.29 is 0 Å². The monoisotopic (exact) mass is 317 g/mol. The van der Waals surface area contributed by atoms with Crippen LogP contribution < -0.4 is 5.73 Å². The summed E-state index contributed by atoms with van der Waals surface area (Å²) in [5.74, 6) is 0.459. The van der Waals surface area contributed by atoms with Crippen LogP contribution in [0.15, 0.2) is 36.5 Å². The number of rotatable bonds is 2. The topological polar surface area (TPSA) is 51.8 Å². The first-order valence-electron chi connectivity index (χ1n) is 6.59. The van der Waals surface area contributed by atoms with Crippen LogP contribution in [-0.4, -0.2) is 9.97 Å². The normalized spacial score (nSPS) is 11.0. The number of hydrogen-bond donors (Lipinski definition) is 1. The molecule has 0 saturated heterocycles. The van der Waals surface area contributed by atoms with Crippen LogP contribution in [0.5, 0.6) is 0 Å². The summed E-state index contributed by atoms with van der Waals surface area (Å²) in [4.78, 5) is 8.80. The molecule has 0 spiro atoms. The number of aryl methyl sites for hydroxylation is 1. The van der Waals surface area contributed by atoms with Crippen molar-refractivity contribution in [2.45, 2.75) is 13.3 Å². The molecular weight excluding hydrogens is 305 g/mol. The number of halogens is 2. The average Bonchev–Trinajstić information content (AvgIpc) is 2.48. The molecule has 3 aromatic rings. The minimum absolute atomic E-state index is 0.459. The number of nitrogen functional groups attached to an aromatic ring is 1. The molecule has 0 atom stereocenters. The van der Waals surface area contributed by atoms with Crippen LogP contribution in [0.4, 0.5) is 5.82 Å². The average molecular weight is 318 g/mol. The van der Waals surface area contributed by atoms with Gasteiger partial charge in [0, 0.05) is 28.4 Å². The fourth-order valence-corrected chi connectivity index (χ4v) is 2.75. The number of hydrogen-bond acceptors (Lipinski definition) is 3. The standard InChI is InChI=1S/C16H13Cl2N3/c1-2-11-4-5-12(16(19)21-11)14-13(18)6-3-9-7-10(17)8-20-15(9)14/h3-8H,2H2,1H3,(H2,19,21). The predicted octanol–water partition coefficient (Wildman–Crippen LogP) is 4.75. The minimum atomic E-state index is 0.459. The van der Waals surface area contributed by atoms with Crippen molar-refractivity contribution in [1.29, 1.82) is 0 Å². The van der Waals surface area contributed by atoms with E-state index in [1.54, 1.807) is 6.20 Å². The fourth-order valence-electron chi connectivity index (χ4n) is 2.33. The van der Waals surface area contributed by atoms with E-state index in [1.165, 1.54) is 0 Å². The largest absolute Gasteiger partial charge is 0.383 e. The van der Waals surface area contributed by atoms with Crippen LogP contribution in [0.2, 0.25) is 10.0 Å². The Bertz CT molecular complexity index is 831. The molecule has 3 nitrogen and oxygen atoms in total. The van der Waals surface area contributed by atoms with Crippen LogP contribution in [0.1, 0.15) is 12.6 Å². The highest BCUT2D eigenvalue weighted by atomic mass is 35.5. The summed E-state index contributed by atoms with van der Waals surface area (Å²) in [6, 6.07) is 9.47. The van der Waals surface area contributed by atoms with E-state index in [2.05, 4.69) is 9.97 Å². The van der Waals surface area contributed by atoms with Gasteiger partial charge in [-0.1, -0.05) is 36.2 Å². The van der Waals surface area contributed by atoms with E-state index in [1.807, 2.05) is 37.3 Å². The Morgan fingerprint density at radius 3 is 2.67 bits per heavy atom. The highest BCUT2D eigenvalue weighted by Crippen LogP contribution is 2.37. The molecule has 0 aliphatic heterocycles. The van der Waals surface area contributed by atoms with Crippen molar-refractivity contribution in [1.82, 2.24) is 9.97 Å². The van der Waals surface area contributed by atoms with Crippen molar-refractivity contribution in [2.75, 3.05) is 5.73 Å². The molecule has 2 heterocycles. The van der Waals surface area contributed by atoms with E-state index in [4.69, 9.17) is 28.9 Å². The van der Waals surface area contributed by atoms with Gasteiger partial charge in [0.25, 0.3) is 0 Å². The Labute approximate surface area is 132 Å². The number of pyridine rings is 2. The van der Waals surface area contributed by atoms with E-state index >= 15 is 0 Å². The van der Waals surface area contributed by atoms with Crippen LogP contribution in [0.25, 0.3) is 22.0 Å². The van der Waals surface area contributed by atoms with Crippen molar-refractivity contribution in [2.24, 2.45) is 0 Å². The van der Waals surface area contributed by atoms with Crippen LogP contribution in [-0.2, 0) is 6.42 Å². The van der Waals surface area contributed by atoms with Crippen LogP contribution in [0.3, 0.4) is 0 Å². The Balaban J connectivity index is 2.31. The van der Waals surface area contributed by atoms with E-state index in [0.717, 1.165) is 34.1 Å². The Morgan fingerprint density at radius 1 is 1.14 bits per heavy atom. The summed E-state index contributed by atoms with van der Waals surface area (Å²) in [5.41, 5.74) is 9.39. The van der Waals surface area contributed by atoms with Gasteiger partial charge in [0.05, 0.1) is 15.6 Å². The van der Waals surface area contributed by atoms with Crippen molar-refractivity contribution in [3.05, 3.63) is 52.3 Å². The van der Waals surface area contributed by atoms with Gasteiger partial charge < -0.3 is 5.73 Å². The number of aromatic nitrogens is 2. The maximum atomic E-state index is 6.37. The first-order valence-corrected chi connectivity index (χ1v) is 7.35. The lowest BCUT2D eigenvalue weighted by molar-refractivity contribution is 1.04. The molecular formula is C16H13Cl2N3. The van der Waals surface area contributed by atoms with Gasteiger partial charge in [-0.05, 0) is 30.7 Å². The molecule has 0 unspecified atom stereocenters. The van der Waals surface area contributed by atoms with Gasteiger partial charge in [0.1, 0.15) is 5.82 Å². The quantitative estimate of drug-likeness (QED) is 0.742. The van der Waals surface area contributed by atoms with E-state index in [0.29, 0.717) is 15.9 Å². The van der Waals surface area contributed by atoms with Crippen molar-refractivity contribution in [3.8, 4) is 11.1 Å². The zero-order chi connectivity index (χ0) is 15.0. The zero-order valence-electron chi connectivity index (χ0n) is 11.4. The molecule has 2 aromatic heterocycles. The van der Waals surface area contributed by atoms with Crippen molar-refractivity contribution >= 4 is 39.9 Å². The molecule has 3 rings (SSSR count). The number of benzene rings is 1. The molecule has 2 N–H and O–H groups in total. The molecule has 21 heavy (non-hydrogen) atoms. The lowest BCUT2D eigenvalue weighted by atomic mass is 10.0. The molecule has 0 bridgehead atoms. The molecule has 106 valence electrons. The summed E-state index contributed by atoms with van der Waals surface area (Å²) in [7, 11) is 0. The first-order chi connectivity index (χ1) is 10.1.